The molecule has 1 rings (SSSR count). The van der Waals surface area contributed by atoms with Gasteiger partial charge < -0.3 is 15.6 Å². The van der Waals surface area contributed by atoms with Gasteiger partial charge in [0.15, 0.2) is 0 Å². The van der Waals surface area contributed by atoms with Gasteiger partial charge in [0.05, 0.1) is 6.61 Å². The standard InChI is InChI=1S/C9H17NO2/c1-7(2)4-3-5-9(10,11)8-6-12-8/h4,8,11H,3,5-6,10H2,1-2H3/t8?,9-/m1/s1. The number of nitrogens with two attached hydrogens (primary N) is 1. The molecule has 0 radical (unpaired) electrons. The molecule has 70 valence electrons. The van der Waals surface area contributed by atoms with Crippen LogP contribution in [-0.4, -0.2) is 23.5 Å². The minimum atomic E-state index is -1.12. The topological polar surface area (TPSA) is 58.8 Å². The number of rotatable bonds is 4. The maximum atomic E-state index is 9.59. The van der Waals surface area contributed by atoms with Crippen LogP contribution in [0.15, 0.2) is 11.6 Å². The van der Waals surface area contributed by atoms with Crippen LogP contribution in [0.2, 0.25) is 0 Å². The Morgan fingerprint density at radius 2 is 2.33 bits per heavy atom. The molecule has 1 fully saturated rings. The fraction of sp³-hybridized carbons (Fsp3) is 0.778. The molecule has 1 saturated heterocycles. The number of hydrogen-bond donors (Lipinski definition) is 2. The van der Waals surface area contributed by atoms with Crippen LogP contribution in [0, 0.1) is 0 Å². The fourth-order valence-electron chi connectivity index (χ4n) is 1.09. The van der Waals surface area contributed by atoms with Gasteiger partial charge in [0.1, 0.15) is 11.8 Å². The molecule has 1 unspecified atom stereocenters. The second-order valence-electron chi connectivity index (χ2n) is 3.63. The molecule has 3 heteroatoms. The highest BCUT2D eigenvalue weighted by molar-refractivity contribution is 4.96. The Kier molecular flexibility index (Phi) is 2.88. The molecule has 3 N–H and O–H groups in total. The van der Waals surface area contributed by atoms with Crippen LogP contribution < -0.4 is 5.73 Å². The molecular formula is C9H17NO2. The molecule has 12 heavy (non-hydrogen) atoms. The van der Waals surface area contributed by atoms with Crippen molar-refractivity contribution >= 4 is 0 Å². The lowest BCUT2D eigenvalue weighted by Gasteiger charge is -2.19. The van der Waals surface area contributed by atoms with Crippen molar-refractivity contribution < 1.29 is 9.84 Å². The lowest BCUT2D eigenvalue weighted by Crippen LogP contribution is -2.45. The van der Waals surface area contributed by atoms with Crippen molar-refractivity contribution in [2.45, 2.75) is 38.5 Å². The minimum absolute atomic E-state index is 0.136. The minimum Gasteiger partial charge on any atom is -0.373 e. The quantitative estimate of drug-likeness (QED) is 0.373. The highest BCUT2D eigenvalue weighted by Gasteiger charge is 2.41. The summed E-state index contributed by atoms with van der Waals surface area (Å²) in [7, 11) is 0. The van der Waals surface area contributed by atoms with Crippen molar-refractivity contribution in [1.29, 1.82) is 0 Å². The van der Waals surface area contributed by atoms with Crippen molar-refractivity contribution in [2.24, 2.45) is 5.73 Å². The van der Waals surface area contributed by atoms with Crippen molar-refractivity contribution in [3.8, 4) is 0 Å². The summed E-state index contributed by atoms with van der Waals surface area (Å²) in [4.78, 5) is 0. The maximum absolute atomic E-state index is 9.59. The van der Waals surface area contributed by atoms with E-state index in [-0.39, 0.29) is 6.10 Å². The number of allylic oxidation sites excluding steroid dienone is 2. The zero-order valence-corrected chi connectivity index (χ0v) is 7.71. The first kappa shape index (κ1) is 9.71. The van der Waals surface area contributed by atoms with Crippen molar-refractivity contribution in [3.05, 3.63) is 11.6 Å². The number of hydrogen-bond acceptors (Lipinski definition) is 3. The number of ether oxygens (including phenoxy) is 1. The van der Waals surface area contributed by atoms with Crippen LogP contribution in [0.5, 0.6) is 0 Å². The number of epoxide rings is 1. The first-order chi connectivity index (χ1) is 5.52. The van der Waals surface area contributed by atoms with Crippen molar-refractivity contribution in [3.63, 3.8) is 0 Å². The first-order valence-corrected chi connectivity index (χ1v) is 4.28. The summed E-state index contributed by atoms with van der Waals surface area (Å²) < 4.78 is 4.94. The van der Waals surface area contributed by atoms with E-state index in [0.29, 0.717) is 13.0 Å². The Bertz CT molecular complexity index is 179. The SMILES string of the molecule is CC(C)=CCC[C@@](N)(O)C1CO1. The molecular weight excluding hydrogens is 154 g/mol. The Labute approximate surface area is 73.2 Å². The second kappa shape index (κ2) is 3.56. The van der Waals surface area contributed by atoms with Crippen LogP contribution in [0.1, 0.15) is 26.7 Å². The Balaban J connectivity index is 2.25. The molecule has 0 aromatic heterocycles. The fourth-order valence-corrected chi connectivity index (χ4v) is 1.09. The Hall–Kier alpha value is -0.380. The van der Waals surface area contributed by atoms with E-state index in [1.165, 1.54) is 5.57 Å². The van der Waals surface area contributed by atoms with Gasteiger partial charge in [0, 0.05) is 0 Å². The van der Waals surface area contributed by atoms with Gasteiger partial charge in [-0.25, -0.2) is 0 Å². The number of aliphatic hydroxyl groups is 1. The maximum Gasteiger partial charge on any atom is 0.142 e. The van der Waals surface area contributed by atoms with Crippen LogP contribution in [-0.2, 0) is 4.74 Å². The van der Waals surface area contributed by atoms with Gasteiger partial charge in [-0.3, -0.25) is 0 Å². The van der Waals surface area contributed by atoms with E-state index in [9.17, 15) is 5.11 Å². The monoisotopic (exact) mass is 171 g/mol. The van der Waals surface area contributed by atoms with Gasteiger partial charge in [-0.1, -0.05) is 11.6 Å². The molecule has 0 aromatic carbocycles. The van der Waals surface area contributed by atoms with E-state index < -0.39 is 5.72 Å². The van der Waals surface area contributed by atoms with Crippen molar-refractivity contribution in [1.82, 2.24) is 0 Å². The molecule has 1 aliphatic heterocycles. The van der Waals surface area contributed by atoms with Gasteiger partial charge in [-0.2, -0.15) is 0 Å². The summed E-state index contributed by atoms with van der Waals surface area (Å²) in [6.07, 6.45) is 3.32. The van der Waals surface area contributed by atoms with Gasteiger partial charge in [0.25, 0.3) is 0 Å². The molecule has 0 bridgehead atoms. The summed E-state index contributed by atoms with van der Waals surface area (Å²) in [6.45, 7) is 4.66. The third-order valence-electron chi connectivity index (χ3n) is 1.99. The molecule has 1 heterocycles. The van der Waals surface area contributed by atoms with Crippen LogP contribution in [0.3, 0.4) is 0 Å². The average molecular weight is 171 g/mol. The molecule has 1 aliphatic rings. The van der Waals surface area contributed by atoms with Gasteiger partial charge in [-0.05, 0) is 26.7 Å². The third-order valence-corrected chi connectivity index (χ3v) is 1.99. The average Bonchev–Trinajstić information content (AvgIpc) is 2.65. The summed E-state index contributed by atoms with van der Waals surface area (Å²) in [5, 5.41) is 9.59. The Morgan fingerprint density at radius 1 is 1.75 bits per heavy atom. The highest BCUT2D eigenvalue weighted by Crippen LogP contribution is 2.24. The molecule has 0 amide bonds. The lowest BCUT2D eigenvalue weighted by atomic mass is 10.0. The summed E-state index contributed by atoms with van der Waals surface area (Å²) >= 11 is 0. The largest absolute Gasteiger partial charge is 0.373 e. The highest BCUT2D eigenvalue weighted by atomic mass is 16.6. The summed E-state index contributed by atoms with van der Waals surface area (Å²) in [5.74, 6) is 0. The molecule has 3 nitrogen and oxygen atoms in total. The Morgan fingerprint density at radius 3 is 2.75 bits per heavy atom. The van der Waals surface area contributed by atoms with Crippen LogP contribution in [0.4, 0.5) is 0 Å². The first-order valence-electron chi connectivity index (χ1n) is 4.28. The van der Waals surface area contributed by atoms with E-state index in [0.717, 1.165) is 6.42 Å². The summed E-state index contributed by atoms with van der Waals surface area (Å²) in [6, 6.07) is 0. The molecule has 0 aliphatic carbocycles. The van der Waals surface area contributed by atoms with Crippen LogP contribution in [0.25, 0.3) is 0 Å². The van der Waals surface area contributed by atoms with Gasteiger partial charge in [0.2, 0.25) is 0 Å². The smallest absolute Gasteiger partial charge is 0.142 e. The van der Waals surface area contributed by atoms with E-state index in [2.05, 4.69) is 6.08 Å². The van der Waals surface area contributed by atoms with E-state index >= 15 is 0 Å². The molecule has 0 aromatic rings. The van der Waals surface area contributed by atoms with E-state index in [1.54, 1.807) is 0 Å². The zero-order chi connectivity index (χ0) is 9.19. The normalized spacial score (nSPS) is 26.2. The molecule has 2 atom stereocenters. The van der Waals surface area contributed by atoms with E-state index in [4.69, 9.17) is 10.5 Å². The van der Waals surface area contributed by atoms with Crippen LogP contribution >= 0.6 is 0 Å². The van der Waals surface area contributed by atoms with Gasteiger partial charge in [-0.15, -0.1) is 0 Å². The van der Waals surface area contributed by atoms with E-state index in [1.807, 2.05) is 13.8 Å². The predicted octanol–water partition coefficient (Wildman–Crippen LogP) is 0.779. The zero-order valence-electron chi connectivity index (χ0n) is 7.71. The lowest BCUT2D eigenvalue weighted by molar-refractivity contribution is 0.0105. The predicted molar refractivity (Wildman–Crippen MR) is 47.5 cm³/mol. The van der Waals surface area contributed by atoms with Crippen molar-refractivity contribution in [2.75, 3.05) is 6.61 Å². The molecule has 0 saturated carbocycles. The van der Waals surface area contributed by atoms with Gasteiger partial charge >= 0.3 is 0 Å². The second-order valence-corrected chi connectivity index (χ2v) is 3.63. The summed E-state index contributed by atoms with van der Waals surface area (Å²) in [5.41, 5.74) is 5.74. The third kappa shape index (κ3) is 2.93. The molecule has 0 spiro atoms.